The van der Waals surface area contributed by atoms with Crippen LogP contribution in [0.25, 0.3) is 0 Å². The fraction of sp³-hybridized carbons (Fsp3) is 0.250. The van der Waals surface area contributed by atoms with E-state index < -0.39 is 0 Å². The zero-order valence-electron chi connectivity index (χ0n) is 8.56. The predicted molar refractivity (Wildman–Crippen MR) is 60.8 cm³/mol. The molecule has 2 heterocycles. The van der Waals surface area contributed by atoms with Gasteiger partial charge in [-0.25, -0.2) is 0 Å². The summed E-state index contributed by atoms with van der Waals surface area (Å²) in [7, 11) is 1.78. The van der Waals surface area contributed by atoms with E-state index in [2.05, 4.69) is 20.6 Å². The molecular weight excluding hydrogens is 250 g/mol. The molecule has 2 aromatic rings. The Hall–Kier alpha value is -1.47. The second-order valence-corrected chi connectivity index (χ2v) is 4.68. The minimum atomic E-state index is -0.333. The van der Waals surface area contributed by atoms with Gasteiger partial charge in [-0.3, -0.25) is 9.48 Å². The minimum absolute atomic E-state index is 0.230. The first-order chi connectivity index (χ1) is 7.56. The molecule has 0 radical (unpaired) electrons. The Kier molecular flexibility index (Phi) is 2.88. The smallest absolute Gasteiger partial charge is 0.286 e. The highest BCUT2D eigenvalue weighted by atomic mass is 35.5. The number of carbonyl (C=O) groups is 1. The Labute approximate surface area is 100 Å². The average Bonchev–Trinajstić information content (AvgIpc) is 2.74. The third-order valence-electron chi connectivity index (χ3n) is 1.86. The second-order valence-electron chi connectivity index (χ2n) is 3.12. The second kappa shape index (κ2) is 4.18. The molecule has 0 atom stereocenters. The van der Waals surface area contributed by atoms with Gasteiger partial charge in [-0.1, -0.05) is 11.3 Å². The van der Waals surface area contributed by atoms with Gasteiger partial charge in [0.15, 0.2) is 0 Å². The van der Waals surface area contributed by atoms with Gasteiger partial charge in [-0.05, 0) is 18.5 Å². The van der Waals surface area contributed by atoms with Crippen molar-refractivity contribution in [3.63, 3.8) is 0 Å². The highest BCUT2D eigenvalue weighted by Crippen LogP contribution is 2.17. The number of nitrogens with one attached hydrogen (secondary N) is 1. The lowest BCUT2D eigenvalue weighted by molar-refractivity contribution is 0.102. The topological polar surface area (TPSA) is 72.7 Å². The summed E-state index contributed by atoms with van der Waals surface area (Å²) in [6.07, 6.45) is 1.72. The molecule has 0 bridgehead atoms. The van der Waals surface area contributed by atoms with Crippen molar-refractivity contribution in [1.29, 1.82) is 0 Å². The van der Waals surface area contributed by atoms with E-state index in [0.29, 0.717) is 5.69 Å². The number of hydrogen-bond acceptors (Lipinski definition) is 5. The number of anilines is 1. The van der Waals surface area contributed by atoms with Crippen LogP contribution in [0.2, 0.25) is 4.47 Å². The molecule has 2 aromatic heterocycles. The van der Waals surface area contributed by atoms with Gasteiger partial charge in [0, 0.05) is 13.2 Å². The van der Waals surface area contributed by atoms with Crippen molar-refractivity contribution in [3.05, 3.63) is 21.4 Å². The molecule has 0 unspecified atom stereocenters. The average molecular weight is 258 g/mol. The van der Waals surface area contributed by atoms with Crippen LogP contribution >= 0.6 is 22.9 Å². The zero-order valence-corrected chi connectivity index (χ0v) is 10.1. The molecule has 6 nitrogen and oxygen atoms in total. The maximum atomic E-state index is 11.7. The van der Waals surface area contributed by atoms with Gasteiger partial charge in [-0.15, -0.1) is 10.2 Å². The van der Waals surface area contributed by atoms with E-state index in [9.17, 15) is 4.79 Å². The SMILES string of the molecule is Cc1nn(C)cc1NC(=O)c1nnc(Cl)s1. The van der Waals surface area contributed by atoms with Crippen LogP contribution in [0.4, 0.5) is 5.69 Å². The quantitative estimate of drug-likeness (QED) is 0.885. The maximum absolute atomic E-state index is 11.7. The molecule has 0 saturated heterocycles. The number of halogens is 1. The van der Waals surface area contributed by atoms with E-state index in [4.69, 9.17) is 11.6 Å². The van der Waals surface area contributed by atoms with Crippen molar-refractivity contribution in [3.8, 4) is 0 Å². The first-order valence-corrected chi connectivity index (χ1v) is 5.56. The standard InChI is InChI=1S/C8H8ClN5OS/c1-4-5(3-14(2)13-4)10-6(15)7-11-12-8(9)16-7/h3H,1-2H3,(H,10,15). The van der Waals surface area contributed by atoms with Gasteiger partial charge < -0.3 is 5.32 Å². The summed E-state index contributed by atoms with van der Waals surface area (Å²) in [5.41, 5.74) is 1.39. The molecule has 0 aliphatic carbocycles. The van der Waals surface area contributed by atoms with E-state index in [1.807, 2.05) is 6.92 Å². The highest BCUT2D eigenvalue weighted by molar-refractivity contribution is 7.17. The van der Waals surface area contributed by atoms with Gasteiger partial charge in [0.2, 0.25) is 9.47 Å². The molecule has 0 aliphatic rings. The summed E-state index contributed by atoms with van der Waals surface area (Å²) in [5.74, 6) is -0.333. The van der Waals surface area contributed by atoms with E-state index >= 15 is 0 Å². The van der Waals surface area contributed by atoms with Crippen molar-refractivity contribution in [2.75, 3.05) is 5.32 Å². The van der Waals surface area contributed by atoms with Crippen LogP contribution in [0.1, 0.15) is 15.5 Å². The minimum Gasteiger partial charge on any atom is -0.317 e. The van der Waals surface area contributed by atoms with Crippen LogP contribution in [0.5, 0.6) is 0 Å². The van der Waals surface area contributed by atoms with E-state index in [0.717, 1.165) is 17.0 Å². The van der Waals surface area contributed by atoms with Crippen LogP contribution in [0.3, 0.4) is 0 Å². The number of carbonyl (C=O) groups excluding carboxylic acids is 1. The molecule has 16 heavy (non-hydrogen) atoms. The fourth-order valence-corrected chi connectivity index (χ4v) is 1.92. The Balaban J connectivity index is 2.16. The summed E-state index contributed by atoms with van der Waals surface area (Å²) in [6, 6.07) is 0. The Morgan fingerprint density at radius 1 is 1.56 bits per heavy atom. The normalized spacial score (nSPS) is 10.4. The first-order valence-electron chi connectivity index (χ1n) is 4.37. The maximum Gasteiger partial charge on any atom is 0.286 e. The molecule has 0 aromatic carbocycles. The van der Waals surface area contributed by atoms with Crippen molar-refractivity contribution in [1.82, 2.24) is 20.0 Å². The van der Waals surface area contributed by atoms with Crippen LogP contribution < -0.4 is 5.32 Å². The van der Waals surface area contributed by atoms with Crippen LogP contribution in [0, 0.1) is 6.92 Å². The molecule has 0 aliphatic heterocycles. The van der Waals surface area contributed by atoms with Gasteiger partial charge in [0.05, 0.1) is 11.4 Å². The van der Waals surface area contributed by atoms with Crippen molar-refractivity contribution >= 4 is 34.5 Å². The van der Waals surface area contributed by atoms with Crippen molar-refractivity contribution in [2.24, 2.45) is 7.05 Å². The lowest BCUT2D eigenvalue weighted by Crippen LogP contribution is -2.11. The third-order valence-corrected chi connectivity index (χ3v) is 2.87. The molecule has 1 N–H and O–H groups in total. The van der Waals surface area contributed by atoms with Crippen molar-refractivity contribution in [2.45, 2.75) is 6.92 Å². The predicted octanol–water partition coefficient (Wildman–Crippen LogP) is 1.49. The van der Waals surface area contributed by atoms with Crippen LogP contribution in [0.15, 0.2) is 6.20 Å². The fourth-order valence-electron chi connectivity index (χ4n) is 1.20. The summed E-state index contributed by atoms with van der Waals surface area (Å²) >= 11 is 6.62. The molecule has 8 heteroatoms. The lowest BCUT2D eigenvalue weighted by Gasteiger charge is -1.98. The Bertz CT molecular complexity index is 534. The van der Waals surface area contributed by atoms with E-state index in [1.165, 1.54) is 0 Å². The largest absolute Gasteiger partial charge is 0.317 e. The number of amides is 1. The number of hydrogen-bond donors (Lipinski definition) is 1. The van der Waals surface area contributed by atoms with Crippen LogP contribution in [-0.4, -0.2) is 25.9 Å². The van der Waals surface area contributed by atoms with E-state index in [1.54, 1.807) is 17.9 Å². The number of aromatic nitrogens is 4. The van der Waals surface area contributed by atoms with Gasteiger partial charge >= 0.3 is 0 Å². The summed E-state index contributed by atoms with van der Waals surface area (Å²) < 4.78 is 1.87. The number of aryl methyl sites for hydroxylation is 2. The van der Waals surface area contributed by atoms with Gasteiger partial charge in [0.25, 0.3) is 5.91 Å². The molecule has 84 valence electrons. The summed E-state index contributed by atoms with van der Waals surface area (Å²) in [5, 5.41) is 14.2. The molecule has 0 saturated carbocycles. The van der Waals surface area contributed by atoms with E-state index in [-0.39, 0.29) is 15.4 Å². The molecular formula is C8H8ClN5OS. The lowest BCUT2D eigenvalue weighted by atomic mass is 10.4. The third kappa shape index (κ3) is 2.20. The summed E-state index contributed by atoms with van der Waals surface area (Å²) in [6.45, 7) is 1.81. The molecule has 2 rings (SSSR count). The molecule has 0 fully saturated rings. The van der Waals surface area contributed by atoms with Gasteiger partial charge in [-0.2, -0.15) is 5.10 Å². The molecule has 1 amide bonds. The summed E-state index contributed by atoms with van der Waals surface area (Å²) in [4.78, 5) is 11.7. The monoisotopic (exact) mass is 257 g/mol. The molecule has 0 spiro atoms. The van der Waals surface area contributed by atoms with Gasteiger partial charge in [0.1, 0.15) is 0 Å². The number of nitrogens with zero attached hydrogens (tertiary/aromatic N) is 4. The zero-order chi connectivity index (χ0) is 11.7. The Morgan fingerprint density at radius 2 is 2.31 bits per heavy atom. The van der Waals surface area contributed by atoms with Crippen molar-refractivity contribution < 1.29 is 4.79 Å². The first kappa shape index (κ1) is 11.0. The number of rotatable bonds is 2. The highest BCUT2D eigenvalue weighted by Gasteiger charge is 2.14. The van der Waals surface area contributed by atoms with Crippen LogP contribution in [-0.2, 0) is 7.05 Å². The Morgan fingerprint density at radius 3 is 2.81 bits per heavy atom.